The topological polar surface area (TPSA) is 79.6 Å². The summed E-state index contributed by atoms with van der Waals surface area (Å²) in [5.41, 5.74) is 0. The fourth-order valence-electron chi connectivity index (χ4n) is 1.96. The fraction of sp³-hybridized carbons (Fsp3) is 0.500. The zero-order valence-corrected chi connectivity index (χ0v) is 10.0. The minimum absolute atomic E-state index is 0. The molecule has 1 aliphatic heterocycles. The van der Waals surface area contributed by atoms with E-state index >= 15 is 0 Å². The number of hydrogen-bond donors (Lipinski definition) is 2. The molecule has 92 valence electrons. The Bertz CT molecular complexity index is 449. The number of halogens is 1. The molecule has 6 nitrogen and oxygen atoms in total. The first kappa shape index (κ1) is 12.1. The van der Waals surface area contributed by atoms with Crippen LogP contribution in [0.1, 0.15) is 18.7 Å². The molecule has 0 amide bonds. The van der Waals surface area contributed by atoms with Gasteiger partial charge >= 0.3 is 0 Å². The first-order valence-corrected chi connectivity index (χ1v) is 5.47. The van der Waals surface area contributed by atoms with E-state index in [-0.39, 0.29) is 12.4 Å². The van der Waals surface area contributed by atoms with Crippen LogP contribution in [0.25, 0.3) is 11.6 Å². The van der Waals surface area contributed by atoms with Crippen molar-refractivity contribution in [2.75, 3.05) is 6.54 Å². The third-order valence-corrected chi connectivity index (χ3v) is 2.76. The van der Waals surface area contributed by atoms with E-state index in [0.29, 0.717) is 23.6 Å². The first-order chi connectivity index (χ1) is 7.92. The lowest BCUT2D eigenvalue weighted by Crippen LogP contribution is -2.23. The summed E-state index contributed by atoms with van der Waals surface area (Å²) in [5.74, 6) is 1.85. The van der Waals surface area contributed by atoms with Crippen LogP contribution in [0, 0.1) is 0 Å². The zero-order chi connectivity index (χ0) is 10.8. The normalized spacial score (nSPS) is 19.2. The van der Waals surface area contributed by atoms with Gasteiger partial charge < -0.3 is 14.8 Å². The van der Waals surface area contributed by atoms with E-state index in [1.54, 1.807) is 12.4 Å². The summed E-state index contributed by atoms with van der Waals surface area (Å²) in [4.78, 5) is 11.3. The molecular formula is C10H14ClN5O. The van der Waals surface area contributed by atoms with Gasteiger partial charge in [-0.15, -0.1) is 12.4 Å². The van der Waals surface area contributed by atoms with Gasteiger partial charge in [-0.25, -0.2) is 4.98 Å². The third kappa shape index (κ3) is 2.65. The molecule has 2 aromatic heterocycles. The average Bonchev–Trinajstić information content (AvgIpc) is 2.99. The highest BCUT2D eigenvalue weighted by molar-refractivity contribution is 5.85. The Kier molecular flexibility index (Phi) is 3.75. The van der Waals surface area contributed by atoms with E-state index in [9.17, 15) is 0 Å². The van der Waals surface area contributed by atoms with Crippen LogP contribution in [0.4, 0.5) is 0 Å². The van der Waals surface area contributed by atoms with Gasteiger partial charge in [0.25, 0.3) is 0 Å². The molecule has 0 spiro atoms. The van der Waals surface area contributed by atoms with Crippen molar-refractivity contribution in [1.82, 2.24) is 25.4 Å². The number of aromatic nitrogens is 4. The molecular weight excluding hydrogens is 242 g/mol. The summed E-state index contributed by atoms with van der Waals surface area (Å²) in [6.07, 6.45) is 6.61. The Morgan fingerprint density at radius 2 is 2.41 bits per heavy atom. The van der Waals surface area contributed by atoms with E-state index in [4.69, 9.17) is 4.52 Å². The van der Waals surface area contributed by atoms with E-state index in [0.717, 1.165) is 13.0 Å². The molecule has 2 N–H and O–H groups in total. The molecule has 0 bridgehead atoms. The summed E-state index contributed by atoms with van der Waals surface area (Å²) in [6.45, 7) is 1.09. The average molecular weight is 256 g/mol. The standard InChI is InChI=1S/C10H13N5O.ClH/c1-2-7(11-3-1)6-8-14-10(15-16-8)9-12-4-5-13-9;/h4-5,7,11H,1-3,6H2,(H,12,13);1H. The molecule has 0 aliphatic carbocycles. The monoisotopic (exact) mass is 255 g/mol. The van der Waals surface area contributed by atoms with Crippen molar-refractivity contribution in [1.29, 1.82) is 0 Å². The smallest absolute Gasteiger partial charge is 0.238 e. The molecule has 3 heterocycles. The zero-order valence-electron chi connectivity index (χ0n) is 9.22. The minimum Gasteiger partial charge on any atom is -0.342 e. The Morgan fingerprint density at radius 3 is 3.12 bits per heavy atom. The highest BCUT2D eigenvalue weighted by atomic mass is 35.5. The lowest BCUT2D eigenvalue weighted by atomic mass is 10.1. The second-order valence-corrected chi connectivity index (χ2v) is 3.95. The Morgan fingerprint density at radius 1 is 1.47 bits per heavy atom. The SMILES string of the molecule is Cl.c1c[nH]c(-c2noc(CC3CCCN3)n2)n1. The van der Waals surface area contributed by atoms with Crippen molar-refractivity contribution in [3.05, 3.63) is 18.3 Å². The van der Waals surface area contributed by atoms with Gasteiger partial charge in [-0.1, -0.05) is 5.16 Å². The highest BCUT2D eigenvalue weighted by Crippen LogP contribution is 2.14. The Labute approximate surface area is 105 Å². The molecule has 7 heteroatoms. The van der Waals surface area contributed by atoms with Gasteiger partial charge in [0.15, 0.2) is 5.82 Å². The van der Waals surface area contributed by atoms with Gasteiger partial charge in [-0.05, 0) is 19.4 Å². The number of nitrogens with zero attached hydrogens (tertiary/aromatic N) is 3. The van der Waals surface area contributed by atoms with Gasteiger partial charge in [0.1, 0.15) is 0 Å². The Hall–Kier alpha value is -1.40. The molecule has 1 atom stereocenters. The van der Waals surface area contributed by atoms with Gasteiger partial charge in [0, 0.05) is 24.9 Å². The van der Waals surface area contributed by atoms with Crippen molar-refractivity contribution in [2.24, 2.45) is 0 Å². The number of aromatic amines is 1. The van der Waals surface area contributed by atoms with Gasteiger partial charge in [-0.2, -0.15) is 4.98 Å². The highest BCUT2D eigenvalue weighted by Gasteiger charge is 2.18. The molecule has 17 heavy (non-hydrogen) atoms. The molecule has 1 aliphatic rings. The maximum atomic E-state index is 5.19. The molecule has 0 radical (unpaired) electrons. The molecule has 1 saturated heterocycles. The summed E-state index contributed by atoms with van der Waals surface area (Å²) in [6, 6.07) is 0.477. The number of rotatable bonds is 3. The maximum absolute atomic E-state index is 5.19. The maximum Gasteiger partial charge on any atom is 0.238 e. The van der Waals surface area contributed by atoms with Crippen LogP contribution in [0.3, 0.4) is 0 Å². The molecule has 0 saturated carbocycles. The lowest BCUT2D eigenvalue weighted by Gasteiger charge is -2.04. The van der Waals surface area contributed by atoms with Gasteiger partial charge in [-0.3, -0.25) is 0 Å². The van der Waals surface area contributed by atoms with E-state index in [1.165, 1.54) is 12.8 Å². The fourth-order valence-corrected chi connectivity index (χ4v) is 1.96. The number of imidazole rings is 1. The van der Waals surface area contributed by atoms with Crippen molar-refractivity contribution in [3.8, 4) is 11.6 Å². The van der Waals surface area contributed by atoms with Crippen molar-refractivity contribution >= 4 is 12.4 Å². The second kappa shape index (κ2) is 5.29. The summed E-state index contributed by atoms with van der Waals surface area (Å²) in [5, 5.41) is 7.29. The first-order valence-electron chi connectivity index (χ1n) is 5.47. The summed E-state index contributed by atoms with van der Waals surface area (Å²) < 4.78 is 5.19. The summed E-state index contributed by atoms with van der Waals surface area (Å²) in [7, 11) is 0. The van der Waals surface area contributed by atoms with E-state index in [2.05, 4.69) is 25.4 Å². The van der Waals surface area contributed by atoms with Crippen LogP contribution < -0.4 is 5.32 Å². The minimum atomic E-state index is 0. The second-order valence-electron chi connectivity index (χ2n) is 3.95. The van der Waals surface area contributed by atoms with Crippen molar-refractivity contribution < 1.29 is 4.52 Å². The lowest BCUT2D eigenvalue weighted by molar-refractivity contribution is 0.364. The number of hydrogen-bond acceptors (Lipinski definition) is 5. The predicted molar refractivity (Wildman–Crippen MR) is 63.9 cm³/mol. The van der Waals surface area contributed by atoms with Crippen LogP contribution in [0.15, 0.2) is 16.9 Å². The molecule has 3 rings (SSSR count). The van der Waals surface area contributed by atoms with Crippen molar-refractivity contribution in [3.63, 3.8) is 0 Å². The van der Waals surface area contributed by atoms with Crippen LogP contribution in [-0.2, 0) is 6.42 Å². The van der Waals surface area contributed by atoms with Crippen molar-refractivity contribution in [2.45, 2.75) is 25.3 Å². The summed E-state index contributed by atoms with van der Waals surface area (Å²) >= 11 is 0. The van der Waals surface area contributed by atoms with Gasteiger partial charge in [0.05, 0.1) is 0 Å². The van der Waals surface area contributed by atoms with E-state index in [1.807, 2.05) is 0 Å². The molecule has 1 fully saturated rings. The largest absolute Gasteiger partial charge is 0.342 e. The molecule has 0 aromatic carbocycles. The number of H-pyrrole nitrogens is 1. The van der Waals surface area contributed by atoms with Crippen LogP contribution in [-0.4, -0.2) is 32.7 Å². The number of nitrogens with one attached hydrogen (secondary N) is 2. The van der Waals surface area contributed by atoms with Crippen LogP contribution in [0.5, 0.6) is 0 Å². The van der Waals surface area contributed by atoms with E-state index < -0.39 is 0 Å². The predicted octanol–water partition coefficient (Wildman–Crippen LogP) is 1.18. The molecule has 2 aromatic rings. The quantitative estimate of drug-likeness (QED) is 0.861. The van der Waals surface area contributed by atoms with Crippen LogP contribution >= 0.6 is 12.4 Å². The Balaban J connectivity index is 0.00000108. The van der Waals surface area contributed by atoms with Gasteiger partial charge in [0.2, 0.25) is 11.7 Å². The molecule has 1 unspecified atom stereocenters. The third-order valence-electron chi connectivity index (χ3n) is 2.76. The van der Waals surface area contributed by atoms with Crippen LogP contribution in [0.2, 0.25) is 0 Å².